The van der Waals surface area contributed by atoms with Crippen LogP contribution in [0, 0.1) is 0 Å². The fraction of sp³-hybridized carbons (Fsp3) is 0.185. The molecule has 0 atom stereocenters. The van der Waals surface area contributed by atoms with Crippen molar-refractivity contribution >= 4 is 52.5 Å². The fourth-order valence-electron chi connectivity index (χ4n) is 4.32. The first-order valence-corrected chi connectivity index (χ1v) is 13.7. The molecule has 5 rings (SSSR count). The van der Waals surface area contributed by atoms with Crippen LogP contribution in [0.4, 0.5) is 18.9 Å². The van der Waals surface area contributed by atoms with Crippen molar-refractivity contribution in [2.24, 2.45) is 0 Å². The average Bonchev–Trinajstić information content (AvgIpc) is 3.55. The summed E-state index contributed by atoms with van der Waals surface area (Å²) in [6, 6.07) is 16.7. The first-order chi connectivity index (χ1) is 19.1. The van der Waals surface area contributed by atoms with E-state index in [2.05, 4.69) is 15.5 Å². The van der Waals surface area contributed by atoms with Crippen LogP contribution in [0.2, 0.25) is 10.0 Å². The Hall–Kier alpha value is -3.54. The number of amides is 2. The first kappa shape index (κ1) is 28.0. The molecule has 0 fully saturated rings. The van der Waals surface area contributed by atoms with Crippen LogP contribution in [0.5, 0.6) is 0 Å². The molecule has 0 aliphatic carbocycles. The van der Waals surface area contributed by atoms with Crippen molar-refractivity contribution in [3.8, 4) is 5.69 Å². The molecule has 0 unspecified atom stereocenters. The second-order valence-electron chi connectivity index (χ2n) is 8.80. The van der Waals surface area contributed by atoms with Crippen LogP contribution in [0.3, 0.4) is 0 Å². The number of aromatic nitrogens is 3. The number of carbonyl (C=O) groups excluding carboxylic acids is 2. The van der Waals surface area contributed by atoms with Gasteiger partial charge in [-0.15, -0.1) is 10.2 Å². The second-order valence-corrected chi connectivity index (χ2v) is 10.6. The van der Waals surface area contributed by atoms with Crippen LogP contribution in [0.25, 0.3) is 5.69 Å². The predicted octanol–water partition coefficient (Wildman–Crippen LogP) is 6.20. The third-order valence-electron chi connectivity index (χ3n) is 6.23. The van der Waals surface area contributed by atoms with Gasteiger partial charge in [-0.25, -0.2) is 0 Å². The van der Waals surface area contributed by atoms with E-state index in [1.54, 1.807) is 4.90 Å². The monoisotopic (exact) mass is 605 g/mol. The van der Waals surface area contributed by atoms with Crippen LogP contribution in [-0.4, -0.2) is 38.9 Å². The molecule has 3 aromatic carbocycles. The Balaban J connectivity index is 1.41. The molecular formula is C27H20Cl2F3N5O2S. The lowest BCUT2D eigenvalue weighted by Crippen LogP contribution is -2.30. The Kier molecular flexibility index (Phi) is 8.07. The van der Waals surface area contributed by atoms with Gasteiger partial charge >= 0.3 is 6.18 Å². The van der Waals surface area contributed by atoms with E-state index in [0.717, 1.165) is 41.6 Å². The Bertz CT molecular complexity index is 1590. The third-order valence-corrected chi connectivity index (χ3v) is 7.70. The van der Waals surface area contributed by atoms with E-state index < -0.39 is 17.6 Å². The van der Waals surface area contributed by atoms with Crippen LogP contribution in [0.15, 0.2) is 71.9 Å². The number of nitrogens with zero attached hydrogens (tertiary/aromatic N) is 4. The van der Waals surface area contributed by atoms with Crippen molar-refractivity contribution in [2.45, 2.75) is 24.3 Å². The molecule has 0 spiro atoms. The summed E-state index contributed by atoms with van der Waals surface area (Å²) < 4.78 is 41.9. The van der Waals surface area contributed by atoms with E-state index in [1.807, 2.05) is 24.3 Å². The van der Waals surface area contributed by atoms with Crippen molar-refractivity contribution < 1.29 is 22.8 Å². The number of carbonyl (C=O) groups is 2. The largest absolute Gasteiger partial charge is 0.416 e. The summed E-state index contributed by atoms with van der Waals surface area (Å²) in [6.45, 7) is 0.362. The van der Waals surface area contributed by atoms with Crippen molar-refractivity contribution in [2.75, 3.05) is 17.2 Å². The Labute approximate surface area is 241 Å². The molecule has 0 saturated heterocycles. The summed E-state index contributed by atoms with van der Waals surface area (Å²) >= 11 is 13.2. The number of halogens is 5. The molecule has 4 aromatic rings. The smallest absolute Gasteiger partial charge is 0.345 e. The van der Waals surface area contributed by atoms with Gasteiger partial charge in [0.15, 0.2) is 11.0 Å². The highest BCUT2D eigenvalue weighted by Gasteiger charge is 2.31. The van der Waals surface area contributed by atoms with E-state index in [0.29, 0.717) is 11.6 Å². The lowest BCUT2D eigenvalue weighted by Gasteiger charge is -2.17. The summed E-state index contributed by atoms with van der Waals surface area (Å²) in [4.78, 5) is 27.5. The summed E-state index contributed by atoms with van der Waals surface area (Å²) in [5.74, 6) is -0.579. The molecule has 2 amide bonds. The van der Waals surface area contributed by atoms with Crippen LogP contribution in [-0.2, 0) is 23.9 Å². The van der Waals surface area contributed by atoms with Crippen LogP contribution < -0.4 is 10.2 Å². The minimum Gasteiger partial charge on any atom is -0.345 e. The lowest BCUT2D eigenvalue weighted by molar-refractivity contribution is -0.137. The number of hydrogen-bond acceptors (Lipinski definition) is 5. The molecule has 40 heavy (non-hydrogen) atoms. The highest BCUT2D eigenvalue weighted by Crippen LogP contribution is 2.33. The Morgan fingerprint density at radius 1 is 1.00 bits per heavy atom. The van der Waals surface area contributed by atoms with E-state index in [9.17, 15) is 22.8 Å². The molecule has 0 radical (unpaired) electrons. The molecule has 1 aromatic heterocycles. The predicted molar refractivity (Wildman–Crippen MR) is 147 cm³/mol. The van der Waals surface area contributed by atoms with Gasteiger partial charge in [-0.05, 0) is 54.4 Å². The number of hydrogen-bond donors (Lipinski definition) is 1. The zero-order valence-electron chi connectivity index (χ0n) is 20.6. The normalized spacial score (nSPS) is 12.9. The molecule has 2 heterocycles. The number of rotatable bonds is 7. The minimum absolute atomic E-state index is 0.0179. The number of anilines is 1. The van der Waals surface area contributed by atoms with E-state index in [4.69, 9.17) is 23.2 Å². The highest BCUT2D eigenvalue weighted by atomic mass is 35.5. The van der Waals surface area contributed by atoms with E-state index >= 15 is 0 Å². The molecule has 206 valence electrons. The van der Waals surface area contributed by atoms with Gasteiger partial charge in [0.2, 0.25) is 5.91 Å². The average molecular weight is 606 g/mol. The second kappa shape index (κ2) is 11.5. The SMILES string of the molecule is O=C(NCc1nnc(SCC(=O)N2CCc3ccccc32)n1-c1cccc(C(F)(F)F)c1)c1cc(Cl)ccc1Cl. The first-order valence-electron chi connectivity index (χ1n) is 12.0. The van der Waals surface area contributed by atoms with E-state index in [-0.39, 0.29) is 45.5 Å². The maximum atomic E-state index is 13.5. The summed E-state index contributed by atoms with van der Waals surface area (Å²) in [6.07, 6.45) is -3.83. The van der Waals surface area contributed by atoms with Gasteiger partial charge in [0.25, 0.3) is 5.91 Å². The standard InChI is InChI=1S/C27H20Cl2F3N5O2S/c28-18-8-9-21(29)20(13-18)25(39)33-14-23-34-35-26(37(23)19-6-3-5-17(12-19)27(30,31)32)40-15-24(38)36-11-10-16-4-1-2-7-22(16)36/h1-9,12-13H,10-11,14-15H2,(H,33,39). The van der Waals surface area contributed by atoms with Gasteiger partial charge in [-0.3, -0.25) is 14.2 Å². The number of thioether (sulfide) groups is 1. The summed E-state index contributed by atoms with van der Waals surface area (Å²) in [7, 11) is 0. The maximum absolute atomic E-state index is 13.5. The van der Waals surface area contributed by atoms with E-state index in [1.165, 1.54) is 34.9 Å². The van der Waals surface area contributed by atoms with Crippen molar-refractivity contribution in [3.05, 3.63) is 99.3 Å². The zero-order valence-corrected chi connectivity index (χ0v) is 22.9. The number of nitrogens with one attached hydrogen (secondary N) is 1. The number of alkyl halides is 3. The minimum atomic E-state index is -4.58. The van der Waals surface area contributed by atoms with Crippen molar-refractivity contribution in [1.29, 1.82) is 0 Å². The van der Waals surface area contributed by atoms with Gasteiger partial charge in [0.05, 0.1) is 34.1 Å². The molecule has 7 nitrogen and oxygen atoms in total. The van der Waals surface area contributed by atoms with Gasteiger partial charge in [-0.1, -0.05) is 59.2 Å². The number of para-hydroxylation sites is 1. The lowest BCUT2D eigenvalue weighted by atomic mass is 10.2. The van der Waals surface area contributed by atoms with Crippen molar-refractivity contribution in [3.63, 3.8) is 0 Å². The molecule has 1 N–H and O–H groups in total. The number of fused-ring (bicyclic) bond motifs is 1. The van der Waals surface area contributed by atoms with Gasteiger partial charge in [-0.2, -0.15) is 13.2 Å². The van der Waals surface area contributed by atoms with Gasteiger partial charge in [0, 0.05) is 17.3 Å². The van der Waals surface area contributed by atoms with Crippen molar-refractivity contribution in [1.82, 2.24) is 20.1 Å². The Morgan fingerprint density at radius 3 is 2.60 bits per heavy atom. The fourth-order valence-corrected chi connectivity index (χ4v) is 5.54. The molecule has 1 aliphatic rings. The van der Waals surface area contributed by atoms with Crippen LogP contribution in [0.1, 0.15) is 27.3 Å². The topological polar surface area (TPSA) is 80.1 Å². The number of benzene rings is 3. The van der Waals surface area contributed by atoms with Gasteiger partial charge in [0.1, 0.15) is 0 Å². The Morgan fingerprint density at radius 2 is 1.80 bits per heavy atom. The van der Waals surface area contributed by atoms with Crippen LogP contribution >= 0.6 is 35.0 Å². The zero-order chi connectivity index (χ0) is 28.4. The molecule has 1 aliphatic heterocycles. The maximum Gasteiger partial charge on any atom is 0.416 e. The molecule has 0 bridgehead atoms. The highest BCUT2D eigenvalue weighted by molar-refractivity contribution is 7.99. The third kappa shape index (κ3) is 5.96. The molecule has 13 heteroatoms. The molecular weight excluding hydrogens is 586 g/mol. The summed E-state index contributed by atoms with van der Waals surface area (Å²) in [5, 5.41) is 11.6. The quantitative estimate of drug-likeness (QED) is 0.254. The summed E-state index contributed by atoms with van der Waals surface area (Å²) in [5.41, 5.74) is 1.32. The van der Waals surface area contributed by atoms with Gasteiger partial charge < -0.3 is 10.2 Å². The molecule has 0 saturated carbocycles.